The van der Waals surface area contributed by atoms with Gasteiger partial charge in [-0.3, -0.25) is 9.78 Å². The summed E-state index contributed by atoms with van der Waals surface area (Å²) in [5.41, 5.74) is 8.71. The normalized spacial score (nSPS) is 10.1. The zero-order valence-corrected chi connectivity index (χ0v) is 10.3. The van der Waals surface area contributed by atoms with Gasteiger partial charge in [0.25, 0.3) is 5.91 Å². The number of nitrogen functional groups attached to an aromatic ring is 1. The number of rotatable bonds is 2. The molecule has 0 aliphatic carbocycles. The molecule has 0 saturated heterocycles. The maximum absolute atomic E-state index is 11.9. The van der Waals surface area contributed by atoms with Crippen molar-refractivity contribution in [2.45, 2.75) is 13.8 Å². The number of aromatic nitrogens is 2. The Kier molecular flexibility index (Phi) is 3.23. The molecule has 0 aliphatic rings. The third-order valence-electron chi connectivity index (χ3n) is 2.65. The van der Waals surface area contributed by atoms with Gasteiger partial charge >= 0.3 is 0 Å². The van der Waals surface area contributed by atoms with Crippen LogP contribution < -0.4 is 11.1 Å². The number of hydrogen-bond acceptors (Lipinski definition) is 4. The van der Waals surface area contributed by atoms with Crippen LogP contribution in [0.5, 0.6) is 0 Å². The van der Waals surface area contributed by atoms with E-state index in [1.807, 2.05) is 32.0 Å². The molecule has 1 heterocycles. The second kappa shape index (κ2) is 4.83. The third-order valence-corrected chi connectivity index (χ3v) is 2.65. The van der Waals surface area contributed by atoms with Gasteiger partial charge in [-0.15, -0.1) is 0 Å². The first-order valence-corrected chi connectivity index (χ1v) is 5.52. The summed E-state index contributed by atoms with van der Waals surface area (Å²) >= 11 is 0. The predicted molar refractivity (Wildman–Crippen MR) is 70.3 cm³/mol. The lowest BCUT2D eigenvalue weighted by molar-refractivity contribution is 0.102. The van der Waals surface area contributed by atoms with Gasteiger partial charge in [0.1, 0.15) is 11.5 Å². The molecule has 1 aromatic heterocycles. The Morgan fingerprint density at radius 1 is 1.22 bits per heavy atom. The molecular formula is C13H14N4O. The second-order valence-electron chi connectivity index (χ2n) is 4.08. The molecule has 5 nitrogen and oxygen atoms in total. The minimum atomic E-state index is -0.321. The van der Waals surface area contributed by atoms with E-state index in [4.69, 9.17) is 5.73 Å². The highest BCUT2D eigenvalue weighted by atomic mass is 16.1. The van der Waals surface area contributed by atoms with Gasteiger partial charge in [-0.1, -0.05) is 6.07 Å². The fourth-order valence-electron chi connectivity index (χ4n) is 1.50. The molecule has 5 heteroatoms. The predicted octanol–water partition coefficient (Wildman–Crippen LogP) is 1.93. The largest absolute Gasteiger partial charge is 0.382 e. The monoisotopic (exact) mass is 242 g/mol. The Bertz CT molecular complexity index is 595. The van der Waals surface area contributed by atoms with E-state index in [2.05, 4.69) is 15.3 Å². The Balaban J connectivity index is 2.18. The summed E-state index contributed by atoms with van der Waals surface area (Å²) < 4.78 is 0. The van der Waals surface area contributed by atoms with Crippen molar-refractivity contribution in [1.82, 2.24) is 9.97 Å². The van der Waals surface area contributed by atoms with Crippen molar-refractivity contribution in [3.8, 4) is 0 Å². The highest BCUT2D eigenvalue weighted by Gasteiger charge is 2.08. The van der Waals surface area contributed by atoms with Crippen molar-refractivity contribution < 1.29 is 4.79 Å². The molecule has 0 spiro atoms. The van der Waals surface area contributed by atoms with E-state index in [1.165, 1.54) is 18.0 Å². The van der Waals surface area contributed by atoms with Crippen LogP contribution in [-0.4, -0.2) is 15.9 Å². The van der Waals surface area contributed by atoms with Gasteiger partial charge in [-0.05, 0) is 37.1 Å². The summed E-state index contributed by atoms with van der Waals surface area (Å²) in [6.07, 6.45) is 2.78. The van der Waals surface area contributed by atoms with Gasteiger partial charge in [0.05, 0.1) is 12.4 Å². The maximum Gasteiger partial charge on any atom is 0.275 e. The summed E-state index contributed by atoms with van der Waals surface area (Å²) in [5.74, 6) is -0.0965. The molecule has 0 radical (unpaired) electrons. The summed E-state index contributed by atoms with van der Waals surface area (Å²) in [5, 5.41) is 2.76. The van der Waals surface area contributed by atoms with E-state index in [-0.39, 0.29) is 17.4 Å². The van der Waals surface area contributed by atoms with Gasteiger partial charge in [-0.2, -0.15) is 0 Å². The number of nitrogens with one attached hydrogen (secondary N) is 1. The smallest absolute Gasteiger partial charge is 0.275 e. The molecule has 92 valence electrons. The highest BCUT2D eigenvalue weighted by Crippen LogP contribution is 2.14. The average molecular weight is 242 g/mol. The number of nitrogens with two attached hydrogens (primary N) is 1. The van der Waals surface area contributed by atoms with E-state index in [0.29, 0.717) is 0 Å². The van der Waals surface area contributed by atoms with Crippen molar-refractivity contribution in [1.29, 1.82) is 0 Å². The number of amides is 1. The summed E-state index contributed by atoms with van der Waals surface area (Å²) in [4.78, 5) is 19.6. The topological polar surface area (TPSA) is 80.9 Å². The van der Waals surface area contributed by atoms with Crippen LogP contribution in [0.25, 0.3) is 0 Å². The zero-order valence-electron chi connectivity index (χ0n) is 10.3. The Labute approximate surface area is 105 Å². The van der Waals surface area contributed by atoms with Crippen LogP contribution in [0.15, 0.2) is 30.6 Å². The molecule has 18 heavy (non-hydrogen) atoms. The number of benzene rings is 1. The summed E-state index contributed by atoms with van der Waals surface area (Å²) in [6, 6.07) is 5.71. The fraction of sp³-hybridized carbons (Fsp3) is 0.154. The first-order chi connectivity index (χ1) is 8.56. The van der Waals surface area contributed by atoms with E-state index in [1.54, 1.807) is 0 Å². The number of carbonyl (C=O) groups excluding carboxylic acids is 1. The van der Waals surface area contributed by atoms with E-state index in [0.717, 1.165) is 11.3 Å². The van der Waals surface area contributed by atoms with Crippen molar-refractivity contribution in [2.75, 3.05) is 11.1 Å². The summed E-state index contributed by atoms with van der Waals surface area (Å²) in [7, 11) is 0. The number of anilines is 2. The van der Waals surface area contributed by atoms with Crippen molar-refractivity contribution in [3.05, 3.63) is 47.4 Å². The third kappa shape index (κ3) is 2.63. The number of aryl methyl sites for hydroxylation is 2. The maximum atomic E-state index is 11.9. The molecule has 2 aromatic rings. The van der Waals surface area contributed by atoms with Crippen LogP contribution >= 0.6 is 0 Å². The van der Waals surface area contributed by atoms with Crippen LogP contribution in [0.3, 0.4) is 0 Å². The fourth-order valence-corrected chi connectivity index (χ4v) is 1.50. The number of carbonyl (C=O) groups is 1. The Morgan fingerprint density at radius 2 is 2.00 bits per heavy atom. The standard InChI is InChI=1S/C13H14N4O/c1-8-3-4-10(5-9(8)2)16-13(18)11-6-15-7-12(14)17-11/h3-7H,1-2H3,(H2,14,17)(H,16,18). The lowest BCUT2D eigenvalue weighted by Gasteiger charge is -2.07. The minimum absolute atomic E-state index is 0.202. The minimum Gasteiger partial charge on any atom is -0.382 e. The van der Waals surface area contributed by atoms with Gasteiger partial charge in [0.2, 0.25) is 0 Å². The van der Waals surface area contributed by atoms with Gasteiger partial charge < -0.3 is 11.1 Å². The van der Waals surface area contributed by atoms with Gasteiger partial charge in [-0.25, -0.2) is 4.98 Å². The van der Waals surface area contributed by atoms with Crippen LogP contribution in [0, 0.1) is 13.8 Å². The Hall–Kier alpha value is -2.43. The van der Waals surface area contributed by atoms with Crippen LogP contribution in [0.1, 0.15) is 21.6 Å². The number of hydrogen-bond donors (Lipinski definition) is 2. The van der Waals surface area contributed by atoms with Crippen molar-refractivity contribution >= 4 is 17.4 Å². The van der Waals surface area contributed by atoms with Crippen molar-refractivity contribution in [2.24, 2.45) is 0 Å². The van der Waals surface area contributed by atoms with Gasteiger partial charge in [0, 0.05) is 5.69 Å². The molecule has 0 bridgehead atoms. The average Bonchev–Trinajstić information content (AvgIpc) is 2.34. The Morgan fingerprint density at radius 3 is 2.67 bits per heavy atom. The quantitative estimate of drug-likeness (QED) is 0.843. The molecule has 2 rings (SSSR count). The lowest BCUT2D eigenvalue weighted by Crippen LogP contribution is -2.14. The molecule has 3 N–H and O–H groups in total. The molecule has 0 unspecified atom stereocenters. The lowest BCUT2D eigenvalue weighted by atomic mass is 10.1. The first kappa shape index (κ1) is 12.0. The molecule has 1 aromatic carbocycles. The van der Waals surface area contributed by atoms with E-state index >= 15 is 0 Å². The first-order valence-electron chi connectivity index (χ1n) is 5.52. The number of nitrogens with zero attached hydrogens (tertiary/aromatic N) is 2. The molecule has 0 fully saturated rings. The highest BCUT2D eigenvalue weighted by molar-refractivity contribution is 6.02. The van der Waals surface area contributed by atoms with Crippen molar-refractivity contribution in [3.63, 3.8) is 0 Å². The SMILES string of the molecule is Cc1ccc(NC(=O)c2cncc(N)n2)cc1C. The molecular weight excluding hydrogens is 228 g/mol. The van der Waals surface area contributed by atoms with Crippen LogP contribution in [0.4, 0.5) is 11.5 Å². The summed E-state index contributed by atoms with van der Waals surface area (Å²) in [6.45, 7) is 4.01. The molecule has 0 atom stereocenters. The molecule has 1 amide bonds. The van der Waals surface area contributed by atoms with Crippen LogP contribution in [0.2, 0.25) is 0 Å². The van der Waals surface area contributed by atoms with E-state index < -0.39 is 0 Å². The molecule has 0 saturated carbocycles. The van der Waals surface area contributed by atoms with E-state index in [9.17, 15) is 4.79 Å². The zero-order chi connectivity index (χ0) is 13.1. The second-order valence-corrected chi connectivity index (χ2v) is 4.08. The molecule has 0 aliphatic heterocycles. The van der Waals surface area contributed by atoms with Crippen LogP contribution in [-0.2, 0) is 0 Å². The van der Waals surface area contributed by atoms with Gasteiger partial charge in [0.15, 0.2) is 0 Å².